The lowest BCUT2D eigenvalue weighted by Gasteiger charge is -2.08. The molecule has 0 atom stereocenters. The second kappa shape index (κ2) is 6.17. The fourth-order valence-electron chi connectivity index (χ4n) is 4.39. The number of furan rings is 2. The van der Waals surface area contributed by atoms with Gasteiger partial charge in [-0.2, -0.15) is 0 Å². The maximum absolute atomic E-state index is 8.21. The van der Waals surface area contributed by atoms with E-state index in [1.807, 2.05) is 30.3 Å². The Morgan fingerprint density at radius 1 is 0.839 bits per heavy atom. The van der Waals surface area contributed by atoms with Crippen molar-refractivity contribution in [3.63, 3.8) is 0 Å². The summed E-state index contributed by atoms with van der Waals surface area (Å²) in [6.07, 6.45) is 1.27. The van der Waals surface area contributed by atoms with Gasteiger partial charge in [-0.15, -0.1) is 0 Å². The van der Waals surface area contributed by atoms with Crippen LogP contribution in [-0.2, 0) is 7.05 Å². The van der Waals surface area contributed by atoms with Gasteiger partial charge >= 0.3 is 0 Å². The number of pyridine rings is 2. The number of aryl methyl sites for hydroxylation is 5. The molecule has 0 radical (unpaired) electrons. The first-order valence-electron chi connectivity index (χ1n) is 14.3. The summed E-state index contributed by atoms with van der Waals surface area (Å²) in [6, 6.07) is 12.4. The SMILES string of the molecule is [2H]C([2H])([2H])c1cc(-c2c(C)nc(C([2H])([2H])[2H])c3c2oc2c3ccc3c4ccccc4oc32)[n+](C)cc1C([2H])([2H])[2H]. The Labute approximate surface area is 192 Å². The Hall–Kier alpha value is -3.66. The average Bonchev–Trinajstić information content (AvgIpc) is 3.40. The van der Waals surface area contributed by atoms with Crippen molar-refractivity contribution in [3.8, 4) is 11.3 Å². The number of hydrogen-bond donors (Lipinski definition) is 0. The molecule has 6 rings (SSSR count). The number of hydrogen-bond acceptors (Lipinski definition) is 3. The predicted octanol–water partition coefficient (Wildman–Crippen LogP) is 6.61. The molecule has 0 saturated carbocycles. The fraction of sp³-hybridized carbons (Fsp3) is 0.185. The molecular formula is C27H23N2O2+. The summed E-state index contributed by atoms with van der Waals surface area (Å²) in [7, 11) is 1.59. The second-order valence-corrected chi connectivity index (χ2v) is 7.74. The molecule has 152 valence electrons. The molecule has 0 aliphatic rings. The van der Waals surface area contributed by atoms with Crippen LogP contribution >= 0.6 is 0 Å². The highest BCUT2D eigenvalue weighted by molar-refractivity contribution is 6.20. The number of para-hydroxylation sites is 1. The molecule has 0 fully saturated rings. The Morgan fingerprint density at radius 3 is 2.48 bits per heavy atom. The van der Waals surface area contributed by atoms with Crippen molar-refractivity contribution in [3.05, 3.63) is 71.2 Å². The summed E-state index contributed by atoms with van der Waals surface area (Å²) in [6.45, 7) is -6.36. The van der Waals surface area contributed by atoms with E-state index >= 15 is 0 Å². The monoisotopic (exact) mass is 416 g/mol. The molecule has 0 spiro atoms. The Kier molecular flexibility index (Phi) is 2.21. The van der Waals surface area contributed by atoms with Crippen LogP contribution in [0.25, 0.3) is 55.1 Å². The summed E-state index contributed by atoms with van der Waals surface area (Å²) >= 11 is 0. The van der Waals surface area contributed by atoms with E-state index in [2.05, 4.69) is 4.98 Å². The first kappa shape index (κ1) is 11.1. The first-order chi connectivity index (χ1) is 18.6. The first-order valence-corrected chi connectivity index (χ1v) is 9.80. The minimum Gasteiger partial charge on any atom is -0.452 e. The van der Waals surface area contributed by atoms with Crippen molar-refractivity contribution in [2.75, 3.05) is 0 Å². The van der Waals surface area contributed by atoms with E-state index in [-0.39, 0.29) is 33.5 Å². The number of rotatable bonds is 1. The zero-order chi connectivity index (χ0) is 28.9. The largest absolute Gasteiger partial charge is 0.452 e. The third kappa shape index (κ3) is 2.42. The maximum Gasteiger partial charge on any atom is 0.218 e. The molecule has 0 unspecified atom stereocenters. The summed E-state index contributed by atoms with van der Waals surface area (Å²) in [5, 5.41) is 2.41. The highest BCUT2D eigenvalue weighted by atomic mass is 16.4. The Bertz CT molecular complexity index is 1990. The van der Waals surface area contributed by atoms with Crippen LogP contribution in [0, 0.1) is 27.5 Å². The van der Waals surface area contributed by atoms with E-state index in [9.17, 15) is 0 Å². The van der Waals surface area contributed by atoms with Crippen LogP contribution in [0.5, 0.6) is 0 Å². The van der Waals surface area contributed by atoms with E-state index in [0.717, 1.165) is 10.8 Å². The van der Waals surface area contributed by atoms with Crippen molar-refractivity contribution < 1.29 is 25.7 Å². The molecule has 31 heavy (non-hydrogen) atoms. The van der Waals surface area contributed by atoms with Crippen molar-refractivity contribution >= 4 is 43.9 Å². The van der Waals surface area contributed by atoms with Crippen LogP contribution in [0.4, 0.5) is 0 Å². The van der Waals surface area contributed by atoms with Gasteiger partial charge in [0.15, 0.2) is 22.9 Å². The Balaban J connectivity index is 1.79. The number of nitrogens with zero attached hydrogens (tertiary/aromatic N) is 2. The van der Waals surface area contributed by atoms with Gasteiger partial charge in [0.25, 0.3) is 0 Å². The average molecular weight is 417 g/mol. The number of fused-ring (bicyclic) bond motifs is 7. The second-order valence-electron chi connectivity index (χ2n) is 7.74. The van der Waals surface area contributed by atoms with Gasteiger partial charge < -0.3 is 8.83 Å². The minimum absolute atomic E-state index is 0.157. The topological polar surface area (TPSA) is 43.1 Å². The molecule has 0 amide bonds. The van der Waals surface area contributed by atoms with Crippen LogP contribution < -0.4 is 4.57 Å². The van der Waals surface area contributed by atoms with Crippen molar-refractivity contribution in [1.82, 2.24) is 4.98 Å². The summed E-state index contributed by atoms with van der Waals surface area (Å²) in [5.74, 6) is 0. The van der Waals surface area contributed by atoms with E-state index in [0.29, 0.717) is 33.4 Å². The smallest absolute Gasteiger partial charge is 0.218 e. The predicted molar refractivity (Wildman–Crippen MR) is 124 cm³/mol. The van der Waals surface area contributed by atoms with Crippen LogP contribution in [-0.4, -0.2) is 4.98 Å². The van der Waals surface area contributed by atoms with E-state index < -0.39 is 20.6 Å². The van der Waals surface area contributed by atoms with Crippen LogP contribution in [0.1, 0.15) is 34.9 Å². The molecule has 0 saturated heterocycles. The van der Waals surface area contributed by atoms with Gasteiger partial charge in [-0.3, -0.25) is 4.98 Å². The third-order valence-corrected chi connectivity index (χ3v) is 5.84. The number of aromatic nitrogens is 2. The minimum atomic E-state index is -2.72. The maximum atomic E-state index is 8.21. The lowest BCUT2D eigenvalue weighted by Crippen LogP contribution is -2.31. The highest BCUT2D eigenvalue weighted by Crippen LogP contribution is 2.42. The zero-order valence-electron chi connectivity index (χ0n) is 25.8. The fourth-order valence-corrected chi connectivity index (χ4v) is 4.39. The lowest BCUT2D eigenvalue weighted by molar-refractivity contribution is -0.660. The molecule has 0 aliphatic carbocycles. The molecule has 2 aromatic carbocycles. The van der Waals surface area contributed by atoms with Crippen molar-refractivity contribution in [2.45, 2.75) is 27.5 Å². The van der Waals surface area contributed by atoms with Crippen molar-refractivity contribution in [1.29, 1.82) is 0 Å². The van der Waals surface area contributed by atoms with Gasteiger partial charge in [0.2, 0.25) is 5.69 Å². The van der Waals surface area contributed by atoms with Gasteiger partial charge in [-0.25, -0.2) is 4.57 Å². The third-order valence-electron chi connectivity index (χ3n) is 5.84. The molecule has 4 heteroatoms. The van der Waals surface area contributed by atoms with E-state index in [1.165, 1.54) is 16.8 Å². The molecule has 0 N–H and O–H groups in total. The molecular weight excluding hydrogens is 384 g/mol. The van der Waals surface area contributed by atoms with Crippen LogP contribution in [0.3, 0.4) is 0 Å². The van der Waals surface area contributed by atoms with E-state index in [1.54, 1.807) is 20.0 Å². The van der Waals surface area contributed by atoms with Gasteiger partial charge in [0, 0.05) is 45.8 Å². The molecule has 0 bridgehead atoms. The lowest BCUT2D eigenvalue weighted by atomic mass is 10.0. The number of benzene rings is 2. The zero-order valence-corrected chi connectivity index (χ0v) is 16.8. The molecule has 0 aliphatic heterocycles. The van der Waals surface area contributed by atoms with Gasteiger partial charge in [-0.1, -0.05) is 18.2 Å². The summed E-state index contributed by atoms with van der Waals surface area (Å²) in [5.41, 5.74) is 1.78. The quantitative estimate of drug-likeness (QED) is 0.283. The van der Waals surface area contributed by atoms with Gasteiger partial charge in [-0.05, 0) is 51.2 Å². The van der Waals surface area contributed by atoms with Gasteiger partial charge in [0.05, 0.1) is 11.1 Å². The molecule has 4 nitrogen and oxygen atoms in total. The van der Waals surface area contributed by atoms with Gasteiger partial charge in [0.1, 0.15) is 18.2 Å². The highest BCUT2D eigenvalue weighted by Gasteiger charge is 2.25. The molecule has 4 aromatic heterocycles. The summed E-state index contributed by atoms with van der Waals surface area (Å²) in [4.78, 5) is 4.48. The van der Waals surface area contributed by atoms with Crippen molar-refractivity contribution in [2.24, 2.45) is 7.05 Å². The van der Waals surface area contributed by atoms with Crippen LogP contribution in [0.2, 0.25) is 0 Å². The Morgan fingerprint density at radius 2 is 1.65 bits per heavy atom. The summed E-state index contributed by atoms with van der Waals surface area (Å²) < 4.78 is 86.5. The molecule has 6 aromatic rings. The van der Waals surface area contributed by atoms with E-state index in [4.69, 9.17) is 21.2 Å². The standard InChI is InChI=1S/C27H23N2O2/c1-14-12-21(29(5)13-15(14)2)24-17(4)28-16(3)23-20-11-10-19-18-8-6-7-9-22(18)30-25(19)26(20)31-27(23)24/h6-13H,1-5H3/q+1/i1D3,2D3,3D3. The van der Waals surface area contributed by atoms with Crippen LogP contribution in [0.15, 0.2) is 57.5 Å². The molecule has 4 heterocycles. The normalized spacial score (nSPS) is 17.5.